The molecule has 1 saturated heterocycles. The van der Waals surface area contributed by atoms with Gasteiger partial charge in [-0.3, -0.25) is 9.89 Å². The fraction of sp³-hybridized carbons (Fsp3) is 0.933. The molecule has 1 unspecified atom stereocenters. The molecule has 1 heterocycles. The van der Waals surface area contributed by atoms with Gasteiger partial charge in [-0.05, 0) is 32.7 Å². The van der Waals surface area contributed by atoms with Gasteiger partial charge in [-0.25, -0.2) is 13.1 Å². The zero-order valence-electron chi connectivity index (χ0n) is 14.8. The van der Waals surface area contributed by atoms with Crippen molar-refractivity contribution in [2.75, 3.05) is 45.5 Å². The van der Waals surface area contributed by atoms with Gasteiger partial charge in [-0.15, -0.1) is 0 Å². The van der Waals surface area contributed by atoms with Crippen molar-refractivity contribution >= 4 is 16.0 Å². The highest BCUT2D eigenvalue weighted by Gasteiger charge is 2.19. The van der Waals surface area contributed by atoms with Crippen LogP contribution in [0.1, 0.15) is 39.5 Å². The first kappa shape index (κ1) is 20.2. The van der Waals surface area contributed by atoms with Crippen molar-refractivity contribution in [2.24, 2.45) is 4.99 Å². The molecular formula is C15H33N5O2S. The number of nitrogens with zero attached hydrogens (tertiary/aromatic N) is 2. The number of likely N-dealkylation sites (tertiary alicyclic amines) is 1. The van der Waals surface area contributed by atoms with Crippen molar-refractivity contribution in [3.8, 4) is 0 Å². The average molecular weight is 348 g/mol. The zero-order valence-corrected chi connectivity index (χ0v) is 15.6. The van der Waals surface area contributed by atoms with E-state index in [9.17, 15) is 8.42 Å². The maximum atomic E-state index is 11.0. The minimum Gasteiger partial charge on any atom is -0.357 e. The van der Waals surface area contributed by atoms with Gasteiger partial charge in [-0.2, -0.15) is 0 Å². The van der Waals surface area contributed by atoms with Crippen molar-refractivity contribution in [3.05, 3.63) is 0 Å². The number of aliphatic imine (C=N–C) groups is 1. The van der Waals surface area contributed by atoms with Crippen LogP contribution in [0.2, 0.25) is 0 Å². The summed E-state index contributed by atoms with van der Waals surface area (Å²) in [5.74, 6) is 0.743. The lowest BCUT2D eigenvalue weighted by Crippen LogP contribution is -2.46. The lowest BCUT2D eigenvalue weighted by atomic mass is 10.0. The predicted octanol–water partition coefficient (Wildman–Crippen LogP) is 0.355. The average Bonchev–Trinajstić information content (AvgIpc) is 2.51. The summed E-state index contributed by atoms with van der Waals surface area (Å²) in [6.45, 7) is 8.86. The van der Waals surface area contributed by atoms with Gasteiger partial charge in [0.25, 0.3) is 0 Å². The highest BCUT2D eigenvalue weighted by Crippen LogP contribution is 2.18. The number of hydrogen-bond acceptors (Lipinski definition) is 4. The van der Waals surface area contributed by atoms with E-state index in [-0.39, 0.29) is 0 Å². The molecule has 0 radical (unpaired) electrons. The van der Waals surface area contributed by atoms with Gasteiger partial charge in [0.1, 0.15) is 0 Å². The van der Waals surface area contributed by atoms with E-state index >= 15 is 0 Å². The van der Waals surface area contributed by atoms with Crippen LogP contribution >= 0.6 is 0 Å². The summed E-state index contributed by atoms with van der Waals surface area (Å²) in [6, 6.07) is 0.712. The fourth-order valence-corrected chi connectivity index (χ4v) is 3.34. The Morgan fingerprint density at radius 1 is 1.22 bits per heavy atom. The lowest BCUT2D eigenvalue weighted by molar-refractivity contribution is 0.147. The van der Waals surface area contributed by atoms with Crippen LogP contribution in [-0.2, 0) is 10.0 Å². The third kappa shape index (κ3) is 9.12. The normalized spacial score (nSPS) is 20.5. The van der Waals surface area contributed by atoms with Crippen molar-refractivity contribution in [1.82, 2.24) is 20.3 Å². The topological polar surface area (TPSA) is 85.8 Å². The number of guanidine groups is 1. The summed E-state index contributed by atoms with van der Waals surface area (Å²) in [7, 11) is -3.14. The largest absolute Gasteiger partial charge is 0.357 e. The summed E-state index contributed by atoms with van der Waals surface area (Å²) >= 11 is 0. The molecule has 136 valence electrons. The van der Waals surface area contributed by atoms with E-state index in [1.165, 1.54) is 32.2 Å². The van der Waals surface area contributed by atoms with Crippen LogP contribution in [-0.4, -0.2) is 70.8 Å². The van der Waals surface area contributed by atoms with Crippen LogP contribution in [0.3, 0.4) is 0 Å². The molecule has 3 N–H and O–H groups in total. The smallest absolute Gasteiger partial charge is 0.208 e. The van der Waals surface area contributed by atoms with Crippen molar-refractivity contribution < 1.29 is 8.42 Å². The van der Waals surface area contributed by atoms with E-state index in [2.05, 4.69) is 32.2 Å². The Hall–Kier alpha value is -0.860. The van der Waals surface area contributed by atoms with Crippen molar-refractivity contribution in [3.63, 3.8) is 0 Å². The SMILES string of the molecule is CCNC(=NCCNS(C)(=O)=O)NCCN1CCCCC1CC. The Bertz CT molecular complexity index is 453. The number of nitrogens with one attached hydrogen (secondary N) is 3. The minimum atomic E-state index is -3.14. The molecule has 1 aliphatic heterocycles. The molecule has 0 aromatic carbocycles. The molecule has 23 heavy (non-hydrogen) atoms. The van der Waals surface area contributed by atoms with Crippen LogP contribution in [0.5, 0.6) is 0 Å². The second-order valence-electron chi connectivity index (χ2n) is 5.95. The predicted molar refractivity (Wildman–Crippen MR) is 96.3 cm³/mol. The molecule has 0 spiro atoms. The number of rotatable bonds is 9. The van der Waals surface area contributed by atoms with Gasteiger partial charge < -0.3 is 10.6 Å². The fourth-order valence-electron chi connectivity index (χ4n) is 2.88. The quantitative estimate of drug-likeness (QED) is 0.318. The number of sulfonamides is 1. The second kappa shape index (κ2) is 10.8. The molecule has 1 atom stereocenters. The first-order valence-corrected chi connectivity index (χ1v) is 10.6. The van der Waals surface area contributed by atoms with Crippen LogP contribution in [0.25, 0.3) is 0 Å². The Morgan fingerprint density at radius 2 is 2.00 bits per heavy atom. The van der Waals surface area contributed by atoms with Crippen LogP contribution in [0.4, 0.5) is 0 Å². The van der Waals surface area contributed by atoms with Gasteiger partial charge >= 0.3 is 0 Å². The minimum absolute atomic E-state index is 0.319. The molecule has 0 saturated carbocycles. The summed E-state index contributed by atoms with van der Waals surface area (Å²) in [5.41, 5.74) is 0. The molecule has 1 rings (SSSR count). The van der Waals surface area contributed by atoms with Gasteiger partial charge in [-0.1, -0.05) is 13.3 Å². The first-order chi connectivity index (χ1) is 11.0. The summed E-state index contributed by atoms with van der Waals surface area (Å²) < 4.78 is 24.5. The van der Waals surface area contributed by atoms with Crippen molar-refractivity contribution in [1.29, 1.82) is 0 Å². The number of hydrogen-bond donors (Lipinski definition) is 3. The molecule has 0 aromatic heterocycles. The Labute approximate surface area is 141 Å². The Kier molecular flexibility index (Phi) is 9.50. The highest BCUT2D eigenvalue weighted by molar-refractivity contribution is 7.88. The Morgan fingerprint density at radius 3 is 2.65 bits per heavy atom. The molecule has 1 fully saturated rings. The molecule has 0 amide bonds. The lowest BCUT2D eigenvalue weighted by Gasteiger charge is -2.35. The van der Waals surface area contributed by atoms with Crippen molar-refractivity contribution in [2.45, 2.75) is 45.6 Å². The molecule has 0 aromatic rings. The van der Waals surface area contributed by atoms with Gasteiger partial charge in [0.15, 0.2) is 5.96 Å². The molecule has 1 aliphatic rings. The van der Waals surface area contributed by atoms with E-state index < -0.39 is 10.0 Å². The second-order valence-corrected chi connectivity index (χ2v) is 7.78. The zero-order chi connectivity index (χ0) is 17.1. The van der Waals surface area contributed by atoms with Gasteiger partial charge in [0, 0.05) is 32.2 Å². The number of piperidine rings is 1. The first-order valence-electron chi connectivity index (χ1n) is 8.67. The van der Waals surface area contributed by atoms with Gasteiger partial charge in [0.2, 0.25) is 10.0 Å². The Balaban J connectivity index is 2.34. The molecule has 8 heteroatoms. The van der Waals surface area contributed by atoms with Gasteiger partial charge in [0.05, 0.1) is 12.8 Å². The third-order valence-electron chi connectivity index (χ3n) is 4.00. The molecule has 0 aliphatic carbocycles. The molecular weight excluding hydrogens is 314 g/mol. The third-order valence-corrected chi connectivity index (χ3v) is 4.73. The maximum Gasteiger partial charge on any atom is 0.208 e. The van der Waals surface area contributed by atoms with E-state index in [1.807, 2.05) is 6.92 Å². The van der Waals surface area contributed by atoms with Crippen LogP contribution in [0.15, 0.2) is 4.99 Å². The molecule has 0 bridgehead atoms. The standard InChI is InChI=1S/C15H33N5O2S/c1-4-14-8-6-7-12-20(14)13-11-18-15(16-5-2)17-9-10-19-23(3,21)22/h14,19H,4-13H2,1-3H3,(H2,16,17,18). The monoisotopic (exact) mass is 347 g/mol. The summed E-state index contributed by atoms with van der Waals surface area (Å²) in [5, 5.41) is 6.52. The van der Waals surface area contributed by atoms with E-state index in [0.29, 0.717) is 19.1 Å². The van der Waals surface area contributed by atoms with Crippen LogP contribution in [0, 0.1) is 0 Å². The highest BCUT2D eigenvalue weighted by atomic mass is 32.2. The summed E-state index contributed by atoms with van der Waals surface area (Å²) in [6.07, 6.45) is 6.32. The van der Waals surface area contributed by atoms with E-state index in [1.54, 1.807) is 0 Å². The summed E-state index contributed by atoms with van der Waals surface area (Å²) in [4.78, 5) is 6.95. The van der Waals surface area contributed by atoms with E-state index in [4.69, 9.17) is 0 Å². The molecule has 7 nitrogen and oxygen atoms in total. The van der Waals surface area contributed by atoms with E-state index in [0.717, 1.165) is 31.8 Å². The van der Waals surface area contributed by atoms with Crippen LogP contribution < -0.4 is 15.4 Å². The maximum absolute atomic E-state index is 11.0.